The summed E-state index contributed by atoms with van der Waals surface area (Å²) in [5.41, 5.74) is 1.43. The fourth-order valence-corrected chi connectivity index (χ4v) is 5.23. The van der Waals surface area contributed by atoms with Gasteiger partial charge in [0.2, 0.25) is 15.9 Å². The Hall–Kier alpha value is -1.64. The Bertz CT molecular complexity index is 897. The van der Waals surface area contributed by atoms with Crippen molar-refractivity contribution in [1.82, 2.24) is 19.0 Å². The third-order valence-electron chi connectivity index (χ3n) is 4.53. The molecule has 7 nitrogen and oxygen atoms in total. The van der Waals surface area contributed by atoms with Crippen LogP contribution in [-0.2, 0) is 21.4 Å². The molecule has 3 rings (SSSR count). The minimum atomic E-state index is -3.39. The van der Waals surface area contributed by atoms with Crippen molar-refractivity contribution in [3.8, 4) is 0 Å². The predicted molar refractivity (Wildman–Crippen MR) is 100 cm³/mol. The maximum Gasteiger partial charge on any atom is 0.238 e. The topological polar surface area (TPSA) is 83.8 Å². The number of sulfonamides is 1. The highest BCUT2D eigenvalue weighted by atomic mass is 35.5. The van der Waals surface area contributed by atoms with E-state index in [1.807, 2.05) is 6.92 Å². The quantitative estimate of drug-likeness (QED) is 0.774. The van der Waals surface area contributed by atoms with E-state index < -0.39 is 16.1 Å². The zero-order valence-corrected chi connectivity index (χ0v) is 16.3. The summed E-state index contributed by atoms with van der Waals surface area (Å²) in [6, 6.07) is 2.93. The van der Waals surface area contributed by atoms with Crippen molar-refractivity contribution in [2.75, 3.05) is 12.3 Å². The van der Waals surface area contributed by atoms with E-state index in [1.165, 1.54) is 4.31 Å². The van der Waals surface area contributed by atoms with Gasteiger partial charge in [-0.3, -0.25) is 4.79 Å². The average molecular weight is 399 g/mol. The van der Waals surface area contributed by atoms with Crippen LogP contribution in [0.15, 0.2) is 24.5 Å². The lowest BCUT2D eigenvalue weighted by Crippen LogP contribution is -2.46. The van der Waals surface area contributed by atoms with Gasteiger partial charge < -0.3 is 9.72 Å². The maximum absolute atomic E-state index is 12.5. The van der Waals surface area contributed by atoms with Crippen molar-refractivity contribution in [3.63, 3.8) is 0 Å². The molecule has 1 fully saturated rings. The number of nitrogens with one attached hydrogen (secondary N) is 1. The van der Waals surface area contributed by atoms with Crippen LogP contribution in [0.5, 0.6) is 0 Å². The molecule has 1 N–H and O–H groups in total. The molecule has 1 amide bonds. The molecule has 1 aliphatic heterocycles. The van der Waals surface area contributed by atoms with Crippen LogP contribution in [0.1, 0.15) is 38.3 Å². The number of pyridine rings is 1. The molecule has 142 valence electrons. The smallest absolute Gasteiger partial charge is 0.238 e. The van der Waals surface area contributed by atoms with Crippen molar-refractivity contribution >= 4 is 33.2 Å². The van der Waals surface area contributed by atoms with Gasteiger partial charge in [0, 0.05) is 18.9 Å². The third-order valence-corrected chi connectivity index (χ3v) is 6.71. The first kappa shape index (κ1) is 19.1. The van der Waals surface area contributed by atoms with E-state index in [-0.39, 0.29) is 18.2 Å². The third kappa shape index (κ3) is 4.19. The summed E-state index contributed by atoms with van der Waals surface area (Å²) in [5, 5.41) is 3.42. The number of hydrogen-bond donors (Lipinski definition) is 1. The highest BCUT2D eigenvalue weighted by molar-refractivity contribution is 7.89. The maximum atomic E-state index is 12.5. The highest BCUT2D eigenvalue weighted by Gasteiger charge is 2.38. The largest absolute Gasteiger partial charge is 0.349 e. The summed E-state index contributed by atoms with van der Waals surface area (Å²) in [6.45, 7) is 2.61. The van der Waals surface area contributed by atoms with Gasteiger partial charge in [-0.1, -0.05) is 24.9 Å². The normalized spacial score (nSPS) is 18.5. The van der Waals surface area contributed by atoms with Crippen molar-refractivity contribution in [3.05, 3.63) is 35.2 Å². The number of rotatable bonds is 7. The molecule has 1 atom stereocenters. The summed E-state index contributed by atoms with van der Waals surface area (Å²) < 4.78 is 28.1. The fraction of sp³-hybridized carbons (Fsp3) is 0.529. The van der Waals surface area contributed by atoms with Gasteiger partial charge in [0.05, 0.1) is 23.0 Å². The van der Waals surface area contributed by atoms with Crippen LogP contribution in [0.2, 0.25) is 5.02 Å². The number of nitrogens with zero attached hydrogens (tertiary/aromatic N) is 3. The van der Waals surface area contributed by atoms with Crippen molar-refractivity contribution < 1.29 is 13.2 Å². The minimum absolute atomic E-state index is 0.0977. The van der Waals surface area contributed by atoms with Gasteiger partial charge in [0.15, 0.2) is 0 Å². The molecule has 0 spiro atoms. The van der Waals surface area contributed by atoms with Crippen LogP contribution in [0, 0.1) is 0 Å². The van der Waals surface area contributed by atoms with Crippen LogP contribution < -0.4 is 5.32 Å². The first-order valence-electron chi connectivity index (χ1n) is 8.81. The molecule has 0 radical (unpaired) electrons. The lowest BCUT2D eigenvalue weighted by molar-refractivity contribution is -0.124. The van der Waals surface area contributed by atoms with Gasteiger partial charge in [-0.15, -0.1) is 0 Å². The number of aromatic nitrogens is 2. The molecule has 9 heteroatoms. The summed E-state index contributed by atoms with van der Waals surface area (Å²) in [6.07, 6.45) is 6.22. The molecule has 2 aromatic heterocycles. The van der Waals surface area contributed by atoms with Gasteiger partial charge in [-0.2, -0.15) is 4.31 Å². The number of unbranched alkanes of at least 4 members (excludes halogenated alkanes) is 1. The van der Waals surface area contributed by atoms with Gasteiger partial charge in [0.25, 0.3) is 0 Å². The van der Waals surface area contributed by atoms with E-state index in [1.54, 1.807) is 28.9 Å². The molecule has 0 bridgehead atoms. The Morgan fingerprint density at radius 3 is 2.96 bits per heavy atom. The van der Waals surface area contributed by atoms with E-state index in [2.05, 4.69) is 10.3 Å². The van der Waals surface area contributed by atoms with Crippen LogP contribution in [0.25, 0.3) is 5.65 Å². The second-order valence-electron chi connectivity index (χ2n) is 6.50. The van der Waals surface area contributed by atoms with E-state index in [9.17, 15) is 13.2 Å². The number of carbonyl (C=O) groups is 1. The zero-order chi connectivity index (χ0) is 18.7. The number of hydrogen-bond acceptors (Lipinski definition) is 4. The van der Waals surface area contributed by atoms with Crippen LogP contribution in [-0.4, -0.2) is 46.4 Å². The number of fused-ring (bicyclic) bond motifs is 1. The predicted octanol–water partition coefficient (Wildman–Crippen LogP) is 2.20. The van der Waals surface area contributed by atoms with Crippen molar-refractivity contribution in [2.24, 2.45) is 0 Å². The number of imidazole rings is 1. The summed E-state index contributed by atoms with van der Waals surface area (Å²) in [7, 11) is -3.39. The van der Waals surface area contributed by atoms with Gasteiger partial charge in [-0.25, -0.2) is 13.4 Å². The summed E-state index contributed by atoms with van der Waals surface area (Å²) >= 11 is 5.96. The van der Waals surface area contributed by atoms with Crippen molar-refractivity contribution in [1.29, 1.82) is 0 Å². The Balaban J connectivity index is 1.64. The van der Waals surface area contributed by atoms with Gasteiger partial charge in [-0.05, 0) is 31.4 Å². The Kier molecular flexibility index (Phi) is 5.84. The second kappa shape index (κ2) is 7.94. The zero-order valence-electron chi connectivity index (χ0n) is 14.7. The molecular weight excluding hydrogens is 376 g/mol. The molecule has 3 heterocycles. The van der Waals surface area contributed by atoms with Crippen LogP contribution >= 0.6 is 11.6 Å². The van der Waals surface area contributed by atoms with E-state index in [0.717, 1.165) is 12.1 Å². The Morgan fingerprint density at radius 2 is 2.19 bits per heavy atom. The molecule has 26 heavy (non-hydrogen) atoms. The van der Waals surface area contributed by atoms with Crippen LogP contribution in [0.3, 0.4) is 0 Å². The lowest BCUT2D eigenvalue weighted by atomic mass is 10.2. The standard InChI is InChI=1S/C17H23ClN4O3S/c1-2-3-9-26(24,25)22-8-4-5-15(22)17(23)19-10-14-12-21-11-13(18)6-7-16(21)20-14/h6-7,11-12,15H,2-5,8-10H2,1H3,(H,19,23). The fourth-order valence-electron chi connectivity index (χ4n) is 3.18. The SMILES string of the molecule is CCCCS(=O)(=O)N1CCCC1C(=O)NCc1cn2cc(Cl)ccc2n1. The first-order chi connectivity index (χ1) is 12.4. The van der Waals surface area contributed by atoms with Crippen LogP contribution in [0.4, 0.5) is 0 Å². The van der Waals surface area contributed by atoms with Gasteiger partial charge in [0.1, 0.15) is 11.7 Å². The summed E-state index contributed by atoms with van der Waals surface area (Å²) in [5.74, 6) is -0.168. The Morgan fingerprint density at radius 1 is 1.38 bits per heavy atom. The minimum Gasteiger partial charge on any atom is -0.349 e. The highest BCUT2D eigenvalue weighted by Crippen LogP contribution is 2.22. The molecule has 0 aromatic carbocycles. The average Bonchev–Trinajstić information content (AvgIpc) is 3.24. The molecule has 2 aromatic rings. The van der Waals surface area contributed by atoms with E-state index >= 15 is 0 Å². The molecule has 1 unspecified atom stereocenters. The number of carbonyl (C=O) groups excluding carboxylic acids is 1. The number of halogens is 1. The molecule has 1 aliphatic rings. The molecule has 0 aliphatic carbocycles. The molecule has 1 saturated heterocycles. The second-order valence-corrected chi connectivity index (χ2v) is 8.98. The van der Waals surface area contributed by atoms with Crippen molar-refractivity contribution in [2.45, 2.75) is 45.2 Å². The first-order valence-corrected chi connectivity index (χ1v) is 10.8. The molecule has 0 saturated carbocycles. The Labute approximate surface area is 158 Å². The lowest BCUT2D eigenvalue weighted by Gasteiger charge is -2.23. The monoisotopic (exact) mass is 398 g/mol. The van der Waals surface area contributed by atoms with E-state index in [4.69, 9.17) is 11.6 Å². The van der Waals surface area contributed by atoms with E-state index in [0.29, 0.717) is 36.5 Å². The summed E-state index contributed by atoms with van der Waals surface area (Å²) in [4.78, 5) is 17.0. The number of amides is 1. The van der Waals surface area contributed by atoms with Gasteiger partial charge >= 0.3 is 0 Å². The molecular formula is C17H23ClN4O3S.